The first kappa shape index (κ1) is 20.2. The molecule has 3 heteroatoms. The highest BCUT2D eigenvalue weighted by Crippen LogP contribution is 2.19. The van der Waals surface area contributed by atoms with Gasteiger partial charge in [0, 0.05) is 24.5 Å². The van der Waals surface area contributed by atoms with Gasteiger partial charge in [-0.25, -0.2) is 0 Å². The van der Waals surface area contributed by atoms with Gasteiger partial charge in [0.05, 0.1) is 6.61 Å². The van der Waals surface area contributed by atoms with Crippen LogP contribution in [0.3, 0.4) is 0 Å². The van der Waals surface area contributed by atoms with Gasteiger partial charge in [0.15, 0.2) is 0 Å². The third-order valence-electron chi connectivity index (χ3n) is 4.61. The van der Waals surface area contributed by atoms with E-state index in [2.05, 4.69) is 61.7 Å². The second-order valence-electron chi connectivity index (χ2n) is 6.91. The number of unbranched alkanes of at least 4 members (excludes halogenated alkanes) is 4. The summed E-state index contributed by atoms with van der Waals surface area (Å²) in [5.74, 6) is 0.958. The summed E-state index contributed by atoms with van der Waals surface area (Å²) in [7, 11) is 0. The van der Waals surface area contributed by atoms with Crippen molar-refractivity contribution in [1.29, 1.82) is 0 Å². The highest BCUT2D eigenvalue weighted by atomic mass is 16.5. The van der Waals surface area contributed by atoms with Crippen LogP contribution in [0.15, 0.2) is 42.5 Å². The molecule has 0 spiro atoms. The number of rotatable bonds is 12. The van der Waals surface area contributed by atoms with Crippen molar-refractivity contribution < 1.29 is 4.74 Å². The molecule has 0 unspecified atom stereocenters. The molecule has 2 rings (SSSR count). The van der Waals surface area contributed by atoms with Crippen LogP contribution in [0, 0.1) is 13.8 Å². The number of hydrogen-bond acceptors (Lipinski definition) is 3. The molecule has 2 N–H and O–H groups in total. The van der Waals surface area contributed by atoms with Gasteiger partial charge in [-0.15, -0.1) is 0 Å². The van der Waals surface area contributed by atoms with Crippen LogP contribution in [-0.2, 0) is 0 Å². The van der Waals surface area contributed by atoms with Crippen molar-refractivity contribution in [3.8, 4) is 5.75 Å². The molecule has 0 saturated heterocycles. The van der Waals surface area contributed by atoms with E-state index in [4.69, 9.17) is 4.74 Å². The van der Waals surface area contributed by atoms with Gasteiger partial charge in [0.2, 0.25) is 0 Å². The molecule has 0 fully saturated rings. The van der Waals surface area contributed by atoms with Gasteiger partial charge in [-0.3, -0.25) is 0 Å². The molecule has 3 nitrogen and oxygen atoms in total. The second kappa shape index (κ2) is 11.5. The highest BCUT2D eigenvalue weighted by Gasteiger charge is 2.01. The molecule has 0 aromatic heterocycles. The number of hydrogen-bond donors (Lipinski definition) is 2. The Labute approximate surface area is 159 Å². The molecule has 0 bridgehead atoms. The van der Waals surface area contributed by atoms with Gasteiger partial charge >= 0.3 is 0 Å². The van der Waals surface area contributed by atoms with Crippen LogP contribution in [-0.4, -0.2) is 19.7 Å². The molecule has 2 aromatic carbocycles. The van der Waals surface area contributed by atoms with Gasteiger partial charge in [-0.1, -0.05) is 50.8 Å². The van der Waals surface area contributed by atoms with E-state index in [1.54, 1.807) is 0 Å². The van der Waals surface area contributed by atoms with Crippen molar-refractivity contribution >= 4 is 11.4 Å². The lowest BCUT2D eigenvalue weighted by molar-refractivity contribution is 0.304. The predicted molar refractivity (Wildman–Crippen MR) is 114 cm³/mol. The minimum Gasteiger partial charge on any atom is -0.494 e. The number of aryl methyl sites for hydroxylation is 2. The quantitative estimate of drug-likeness (QED) is 0.447. The summed E-state index contributed by atoms with van der Waals surface area (Å²) in [6.07, 6.45) is 6.34. The zero-order chi connectivity index (χ0) is 18.6. The van der Waals surface area contributed by atoms with Crippen LogP contribution in [0.1, 0.15) is 50.2 Å². The summed E-state index contributed by atoms with van der Waals surface area (Å²) in [5.41, 5.74) is 4.96. The fourth-order valence-electron chi connectivity index (χ4n) is 3.05. The Bertz CT molecular complexity index is 617. The first-order chi connectivity index (χ1) is 12.7. The van der Waals surface area contributed by atoms with Crippen LogP contribution in [0.2, 0.25) is 0 Å². The summed E-state index contributed by atoms with van der Waals surface area (Å²) in [6, 6.07) is 14.7. The molecule has 142 valence electrons. The van der Waals surface area contributed by atoms with Crippen molar-refractivity contribution in [3.05, 3.63) is 53.6 Å². The molecule has 2 aromatic rings. The van der Waals surface area contributed by atoms with Crippen molar-refractivity contribution in [2.75, 3.05) is 30.3 Å². The Morgan fingerprint density at radius 3 is 2.12 bits per heavy atom. The normalized spacial score (nSPS) is 10.6. The second-order valence-corrected chi connectivity index (χ2v) is 6.91. The van der Waals surface area contributed by atoms with Crippen LogP contribution in [0.4, 0.5) is 11.4 Å². The molecule has 0 amide bonds. The summed E-state index contributed by atoms with van der Waals surface area (Å²) in [6.45, 7) is 9.12. The lowest BCUT2D eigenvalue weighted by Crippen LogP contribution is -2.14. The van der Waals surface area contributed by atoms with Gasteiger partial charge in [0.25, 0.3) is 0 Å². The molecule has 0 aliphatic rings. The molecule has 0 heterocycles. The number of para-hydroxylation sites is 1. The number of nitrogens with one attached hydrogen (secondary N) is 2. The molecule has 0 aliphatic carbocycles. The van der Waals surface area contributed by atoms with E-state index < -0.39 is 0 Å². The molecule has 26 heavy (non-hydrogen) atoms. The zero-order valence-corrected chi connectivity index (χ0v) is 16.6. The standard InChI is InChI=1S/C23H34N2O/c1-4-5-6-7-8-18-26-22-14-12-21(13-15-22)24-16-17-25-23-19(2)10-9-11-20(23)3/h9-15,24-25H,4-8,16-18H2,1-3H3. The van der Waals surface area contributed by atoms with E-state index in [1.165, 1.54) is 42.5 Å². The van der Waals surface area contributed by atoms with Crippen molar-refractivity contribution in [3.63, 3.8) is 0 Å². The van der Waals surface area contributed by atoms with E-state index in [9.17, 15) is 0 Å². The number of benzene rings is 2. The zero-order valence-electron chi connectivity index (χ0n) is 16.6. The van der Waals surface area contributed by atoms with E-state index in [0.29, 0.717) is 0 Å². The van der Waals surface area contributed by atoms with Crippen LogP contribution in [0.25, 0.3) is 0 Å². The average molecular weight is 355 g/mol. The minimum absolute atomic E-state index is 0.816. The molecule has 0 atom stereocenters. The van der Waals surface area contributed by atoms with Crippen molar-refractivity contribution in [2.24, 2.45) is 0 Å². The third kappa shape index (κ3) is 6.99. The SMILES string of the molecule is CCCCCCCOc1ccc(NCCNc2c(C)cccc2C)cc1. The van der Waals surface area contributed by atoms with E-state index >= 15 is 0 Å². The fourth-order valence-corrected chi connectivity index (χ4v) is 3.05. The van der Waals surface area contributed by atoms with E-state index in [-0.39, 0.29) is 0 Å². The smallest absolute Gasteiger partial charge is 0.119 e. The van der Waals surface area contributed by atoms with E-state index in [1.807, 2.05) is 12.1 Å². The fraction of sp³-hybridized carbons (Fsp3) is 0.478. The lowest BCUT2D eigenvalue weighted by atomic mass is 10.1. The van der Waals surface area contributed by atoms with Gasteiger partial charge in [-0.05, 0) is 55.7 Å². The molecular weight excluding hydrogens is 320 g/mol. The van der Waals surface area contributed by atoms with Crippen LogP contribution in [0.5, 0.6) is 5.75 Å². The molecule has 0 aliphatic heterocycles. The van der Waals surface area contributed by atoms with Crippen LogP contribution < -0.4 is 15.4 Å². The maximum atomic E-state index is 5.81. The Kier molecular flexibility index (Phi) is 8.88. The first-order valence-corrected chi connectivity index (χ1v) is 9.97. The first-order valence-electron chi connectivity index (χ1n) is 9.97. The Balaban J connectivity index is 1.64. The summed E-state index contributed by atoms with van der Waals surface area (Å²) >= 11 is 0. The number of anilines is 2. The topological polar surface area (TPSA) is 33.3 Å². The van der Waals surface area contributed by atoms with Gasteiger partial charge in [-0.2, -0.15) is 0 Å². The van der Waals surface area contributed by atoms with Gasteiger partial charge < -0.3 is 15.4 Å². The highest BCUT2D eigenvalue weighted by molar-refractivity contribution is 5.56. The molecule has 0 saturated carbocycles. The maximum absolute atomic E-state index is 5.81. The number of ether oxygens (including phenoxy) is 1. The summed E-state index contributed by atoms with van der Waals surface area (Å²) < 4.78 is 5.81. The average Bonchev–Trinajstić information content (AvgIpc) is 2.64. The Morgan fingerprint density at radius 2 is 1.42 bits per heavy atom. The minimum atomic E-state index is 0.816. The van der Waals surface area contributed by atoms with E-state index in [0.717, 1.165) is 37.6 Å². The maximum Gasteiger partial charge on any atom is 0.119 e. The van der Waals surface area contributed by atoms with Gasteiger partial charge in [0.1, 0.15) is 5.75 Å². The monoisotopic (exact) mass is 354 g/mol. The Morgan fingerprint density at radius 1 is 0.769 bits per heavy atom. The lowest BCUT2D eigenvalue weighted by Gasteiger charge is -2.13. The summed E-state index contributed by atoms with van der Waals surface area (Å²) in [5, 5.41) is 6.98. The molecule has 0 radical (unpaired) electrons. The predicted octanol–water partition coefficient (Wildman–Crippen LogP) is 6.18. The third-order valence-corrected chi connectivity index (χ3v) is 4.61. The molecular formula is C23H34N2O. The Hall–Kier alpha value is -2.16. The largest absolute Gasteiger partial charge is 0.494 e. The van der Waals surface area contributed by atoms with Crippen molar-refractivity contribution in [2.45, 2.75) is 52.9 Å². The summed E-state index contributed by atoms with van der Waals surface area (Å²) in [4.78, 5) is 0. The van der Waals surface area contributed by atoms with Crippen LogP contribution >= 0.6 is 0 Å². The van der Waals surface area contributed by atoms with Crippen molar-refractivity contribution in [1.82, 2.24) is 0 Å².